The number of aromatic hydroxyl groups is 1. The topological polar surface area (TPSA) is 72.8 Å². The molecular formula is C25H27O5P. The number of hydrogen-bond acceptors (Lipinski definition) is 5. The van der Waals surface area contributed by atoms with Gasteiger partial charge >= 0.3 is 7.60 Å². The van der Waals surface area contributed by atoms with Gasteiger partial charge in [0.25, 0.3) is 0 Å². The molecule has 0 aliphatic heterocycles. The fourth-order valence-corrected chi connectivity index (χ4v) is 4.98. The van der Waals surface area contributed by atoms with Crippen LogP contribution < -0.4 is 0 Å². The molecule has 3 aromatic carbocycles. The van der Waals surface area contributed by atoms with Crippen LogP contribution in [0.15, 0.2) is 66.7 Å². The Bertz CT molecular complexity index is 1160. The summed E-state index contributed by atoms with van der Waals surface area (Å²) in [6, 6.07) is 19.2. The summed E-state index contributed by atoms with van der Waals surface area (Å²) in [6.07, 6.45) is 3.64. The molecule has 0 saturated heterocycles. The number of phenolic OH excluding ortho intramolecular Hbond substituents is 1. The molecule has 0 unspecified atom stereocenters. The Labute approximate surface area is 182 Å². The lowest BCUT2D eigenvalue weighted by Crippen LogP contribution is -2.31. The first-order valence-electron chi connectivity index (χ1n) is 9.95. The van der Waals surface area contributed by atoms with Gasteiger partial charge in [0.2, 0.25) is 0 Å². The third-order valence-electron chi connectivity index (χ3n) is 5.55. The average Bonchev–Trinajstić information content (AvgIpc) is 2.79. The molecule has 0 amide bonds. The van der Waals surface area contributed by atoms with Gasteiger partial charge in [-0.2, -0.15) is 0 Å². The highest BCUT2D eigenvalue weighted by atomic mass is 31.2. The number of benzene rings is 3. The molecule has 0 aromatic heterocycles. The van der Waals surface area contributed by atoms with Crippen molar-refractivity contribution < 1.29 is 23.5 Å². The van der Waals surface area contributed by atoms with Crippen LogP contribution in [0.1, 0.15) is 30.5 Å². The molecule has 31 heavy (non-hydrogen) atoms. The van der Waals surface area contributed by atoms with Gasteiger partial charge in [0, 0.05) is 26.0 Å². The van der Waals surface area contributed by atoms with Crippen molar-refractivity contribution in [3.63, 3.8) is 0 Å². The van der Waals surface area contributed by atoms with Crippen LogP contribution >= 0.6 is 7.60 Å². The summed E-state index contributed by atoms with van der Waals surface area (Å²) in [4.78, 5) is 12.9. The van der Waals surface area contributed by atoms with E-state index in [0.29, 0.717) is 11.8 Å². The van der Waals surface area contributed by atoms with Crippen LogP contribution in [-0.2, 0) is 24.8 Å². The van der Waals surface area contributed by atoms with E-state index >= 15 is 0 Å². The van der Waals surface area contributed by atoms with E-state index in [1.165, 1.54) is 20.3 Å². The van der Waals surface area contributed by atoms with Gasteiger partial charge in [-0.15, -0.1) is 0 Å². The highest BCUT2D eigenvalue weighted by Crippen LogP contribution is 2.59. The molecule has 3 aromatic rings. The third kappa shape index (κ3) is 4.49. The first-order chi connectivity index (χ1) is 14.7. The number of carbonyl (C=O) groups excluding carboxylic acids is 1. The molecular weight excluding hydrogens is 411 g/mol. The molecule has 3 rings (SSSR count). The predicted octanol–water partition coefficient (Wildman–Crippen LogP) is 5.98. The van der Waals surface area contributed by atoms with Crippen LogP contribution in [0.3, 0.4) is 0 Å². The third-order valence-corrected chi connectivity index (χ3v) is 8.10. The number of phenols is 1. The summed E-state index contributed by atoms with van der Waals surface area (Å²) < 4.78 is 22.9. The summed E-state index contributed by atoms with van der Waals surface area (Å²) in [5.74, 6) is -0.146. The number of allylic oxidation sites excluding steroid dienone is 1. The zero-order valence-corrected chi connectivity index (χ0v) is 19.1. The van der Waals surface area contributed by atoms with Crippen molar-refractivity contribution in [1.82, 2.24) is 0 Å². The first kappa shape index (κ1) is 23.0. The van der Waals surface area contributed by atoms with Crippen molar-refractivity contribution in [2.75, 3.05) is 14.2 Å². The van der Waals surface area contributed by atoms with E-state index in [1.54, 1.807) is 19.9 Å². The van der Waals surface area contributed by atoms with Crippen molar-refractivity contribution in [3.8, 4) is 5.75 Å². The van der Waals surface area contributed by atoms with E-state index in [-0.39, 0.29) is 11.5 Å². The molecule has 0 saturated carbocycles. The number of fused-ring (bicyclic) bond motifs is 1. The minimum absolute atomic E-state index is 0.228. The van der Waals surface area contributed by atoms with Crippen LogP contribution in [0.25, 0.3) is 16.8 Å². The maximum absolute atomic E-state index is 12.9. The Morgan fingerprint density at radius 2 is 1.58 bits per heavy atom. The number of carbonyl (C=O) groups is 1. The molecule has 0 spiro atoms. The fraction of sp³-hybridized carbons (Fsp3) is 0.240. The maximum Gasteiger partial charge on any atom is 0.343 e. The zero-order valence-electron chi connectivity index (χ0n) is 18.2. The normalized spacial score (nSPS) is 12.5. The lowest BCUT2D eigenvalue weighted by Gasteiger charge is -2.28. The molecule has 0 heterocycles. The quantitative estimate of drug-likeness (QED) is 0.346. The second kappa shape index (κ2) is 9.19. The molecule has 0 aliphatic carbocycles. The van der Waals surface area contributed by atoms with Crippen LogP contribution in [-0.4, -0.2) is 30.3 Å². The van der Waals surface area contributed by atoms with Gasteiger partial charge < -0.3 is 14.2 Å². The summed E-state index contributed by atoms with van der Waals surface area (Å²) in [5, 5.41) is 11.0. The monoisotopic (exact) mass is 438 g/mol. The van der Waals surface area contributed by atoms with Crippen LogP contribution in [0.4, 0.5) is 0 Å². The summed E-state index contributed by atoms with van der Waals surface area (Å²) in [6.45, 7) is 3.09. The van der Waals surface area contributed by atoms with E-state index < -0.39 is 12.8 Å². The first-order valence-corrected chi connectivity index (χ1v) is 11.5. The Morgan fingerprint density at radius 3 is 2.19 bits per heavy atom. The standard InChI is InChI=1S/C25H27O5P/c1-25(2,31(28,29-3)30-4)23(26)15-14-19-17-20(16-18-10-6-5-7-11-18)24(27)22-13-9-8-12-21(19)22/h5-15,17,27H,16H2,1-4H3. The Balaban J connectivity index is 2.04. The van der Waals surface area contributed by atoms with E-state index in [4.69, 9.17) is 9.05 Å². The molecule has 0 fully saturated rings. The zero-order chi connectivity index (χ0) is 22.6. The smallest absolute Gasteiger partial charge is 0.343 e. The highest BCUT2D eigenvalue weighted by molar-refractivity contribution is 7.56. The van der Waals surface area contributed by atoms with Gasteiger partial charge in [-0.1, -0.05) is 60.7 Å². The molecule has 5 nitrogen and oxygen atoms in total. The highest BCUT2D eigenvalue weighted by Gasteiger charge is 2.46. The van der Waals surface area contributed by atoms with Crippen molar-refractivity contribution in [3.05, 3.63) is 83.4 Å². The lowest BCUT2D eigenvalue weighted by atomic mass is 9.95. The van der Waals surface area contributed by atoms with Crippen LogP contribution in [0.5, 0.6) is 5.75 Å². The van der Waals surface area contributed by atoms with E-state index in [0.717, 1.165) is 22.1 Å². The minimum atomic E-state index is -3.61. The second-order valence-electron chi connectivity index (χ2n) is 7.80. The van der Waals surface area contributed by atoms with E-state index in [9.17, 15) is 14.5 Å². The van der Waals surface area contributed by atoms with Gasteiger partial charge in [0.15, 0.2) is 5.78 Å². The summed E-state index contributed by atoms with van der Waals surface area (Å²) in [7, 11) is -1.07. The largest absolute Gasteiger partial charge is 0.507 e. The van der Waals surface area contributed by atoms with Crippen LogP contribution in [0, 0.1) is 0 Å². The van der Waals surface area contributed by atoms with E-state index in [2.05, 4.69) is 0 Å². The molecule has 162 valence electrons. The van der Waals surface area contributed by atoms with Gasteiger partial charge in [-0.05, 0) is 48.1 Å². The number of hydrogen-bond donors (Lipinski definition) is 1. The van der Waals surface area contributed by atoms with Crippen molar-refractivity contribution in [2.24, 2.45) is 0 Å². The molecule has 1 N–H and O–H groups in total. The average molecular weight is 438 g/mol. The minimum Gasteiger partial charge on any atom is -0.507 e. The number of rotatable bonds is 8. The molecule has 0 radical (unpaired) electrons. The van der Waals surface area contributed by atoms with Gasteiger partial charge in [-0.25, -0.2) is 0 Å². The Hall–Kier alpha value is -2.72. The van der Waals surface area contributed by atoms with E-state index in [1.807, 2.05) is 60.7 Å². The molecule has 0 atom stereocenters. The van der Waals surface area contributed by atoms with Crippen molar-refractivity contribution in [2.45, 2.75) is 25.4 Å². The Kier molecular flexibility index (Phi) is 6.80. The van der Waals surface area contributed by atoms with Gasteiger partial charge in [0.05, 0.1) is 0 Å². The van der Waals surface area contributed by atoms with Gasteiger partial charge in [0.1, 0.15) is 10.9 Å². The summed E-state index contributed by atoms with van der Waals surface area (Å²) in [5.41, 5.74) is 2.62. The van der Waals surface area contributed by atoms with Crippen molar-refractivity contribution >= 4 is 30.2 Å². The second-order valence-corrected chi connectivity index (χ2v) is 10.6. The lowest BCUT2D eigenvalue weighted by molar-refractivity contribution is -0.116. The Morgan fingerprint density at radius 1 is 1.00 bits per heavy atom. The molecule has 6 heteroatoms. The van der Waals surface area contributed by atoms with Crippen molar-refractivity contribution in [1.29, 1.82) is 0 Å². The predicted molar refractivity (Wildman–Crippen MR) is 125 cm³/mol. The van der Waals surface area contributed by atoms with Crippen LogP contribution in [0.2, 0.25) is 0 Å². The fourth-order valence-electron chi connectivity index (χ4n) is 3.57. The maximum atomic E-state index is 12.9. The summed E-state index contributed by atoms with van der Waals surface area (Å²) >= 11 is 0. The van der Waals surface area contributed by atoms with Gasteiger partial charge in [-0.3, -0.25) is 9.36 Å². The SMILES string of the molecule is COP(=O)(OC)C(C)(C)C(=O)C=Cc1cc(Cc2ccccc2)c(O)c2ccccc12. The molecule has 0 aliphatic rings. The number of ketones is 1. The molecule has 0 bridgehead atoms.